The lowest BCUT2D eigenvalue weighted by Crippen LogP contribution is -2.54. The lowest BCUT2D eigenvalue weighted by atomic mass is 10.0. The fraction of sp³-hybridized carbons (Fsp3) is 0.278. The number of halogens is 1. The van der Waals surface area contributed by atoms with Crippen molar-refractivity contribution >= 4 is 39.1 Å². The van der Waals surface area contributed by atoms with Crippen molar-refractivity contribution in [1.29, 1.82) is 0 Å². The number of carbonyl (C=O) groups excluding carboxylic acids is 2. The molecule has 0 saturated carbocycles. The number of hydrogen-bond donors (Lipinski definition) is 1. The number of ether oxygens (including phenoxy) is 1. The number of sulfonamides is 1. The Morgan fingerprint density at radius 1 is 0.826 bits per heavy atom. The molecule has 0 aromatic heterocycles. The smallest absolute Gasteiger partial charge is 0.264 e. The fourth-order valence-electron chi connectivity index (χ4n) is 4.91. The molecule has 10 heteroatoms. The molecule has 0 aliphatic rings. The molecule has 0 aliphatic carbocycles. The summed E-state index contributed by atoms with van der Waals surface area (Å²) in [6.07, 6.45) is 0.954. The Bertz CT molecular complexity index is 1670. The highest BCUT2D eigenvalue weighted by Gasteiger charge is 2.35. The summed E-state index contributed by atoms with van der Waals surface area (Å²) in [5.41, 5.74) is 1.95. The monoisotopic (exact) mass is 661 g/mol. The summed E-state index contributed by atoms with van der Waals surface area (Å²) in [6.45, 7) is 5.74. The Morgan fingerprint density at radius 2 is 1.41 bits per heavy atom. The van der Waals surface area contributed by atoms with Gasteiger partial charge < -0.3 is 15.0 Å². The molecule has 0 fully saturated rings. The molecule has 46 heavy (non-hydrogen) atoms. The predicted octanol–water partition coefficient (Wildman–Crippen LogP) is 6.49. The average Bonchev–Trinajstić information content (AvgIpc) is 3.06. The first-order valence-electron chi connectivity index (χ1n) is 15.3. The topological polar surface area (TPSA) is 96.0 Å². The van der Waals surface area contributed by atoms with Gasteiger partial charge in [0.2, 0.25) is 11.8 Å². The van der Waals surface area contributed by atoms with E-state index in [0.717, 1.165) is 15.4 Å². The summed E-state index contributed by atoms with van der Waals surface area (Å²) in [7, 11) is -4.24. The lowest BCUT2D eigenvalue weighted by Gasteiger charge is -2.34. The summed E-state index contributed by atoms with van der Waals surface area (Å²) >= 11 is 6.06. The highest BCUT2D eigenvalue weighted by atomic mass is 35.5. The van der Waals surface area contributed by atoms with Crippen molar-refractivity contribution < 1.29 is 22.7 Å². The molecule has 2 amide bonds. The highest BCUT2D eigenvalue weighted by Crippen LogP contribution is 2.28. The first-order valence-corrected chi connectivity index (χ1v) is 17.1. The van der Waals surface area contributed by atoms with Gasteiger partial charge in [0.1, 0.15) is 18.3 Å². The first kappa shape index (κ1) is 34.5. The van der Waals surface area contributed by atoms with Crippen LogP contribution in [-0.2, 0) is 32.6 Å². The van der Waals surface area contributed by atoms with Crippen LogP contribution in [0.15, 0.2) is 114 Å². The van der Waals surface area contributed by atoms with Crippen molar-refractivity contribution in [3.63, 3.8) is 0 Å². The molecule has 0 bridgehead atoms. The minimum Gasteiger partial charge on any atom is -0.494 e. The minimum atomic E-state index is -4.24. The van der Waals surface area contributed by atoms with E-state index < -0.39 is 28.5 Å². The number of rotatable bonds is 15. The Hall–Kier alpha value is -4.34. The second kappa shape index (κ2) is 16.3. The van der Waals surface area contributed by atoms with E-state index in [-0.39, 0.29) is 35.5 Å². The van der Waals surface area contributed by atoms with Gasteiger partial charge in [-0.2, -0.15) is 0 Å². The molecular formula is C36H40ClN3O5S. The van der Waals surface area contributed by atoms with Gasteiger partial charge in [0.25, 0.3) is 10.0 Å². The van der Waals surface area contributed by atoms with Gasteiger partial charge in [-0.3, -0.25) is 13.9 Å². The van der Waals surface area contributed by atoms with Crippen molar-refractivity contribution in [2.45, 2.75) is 57.1 Å². The molecule has 242 valence electrons. The van der Waals surface area contributed by atoms with Crippen molar-refractivity contribution in [1.82, 2.24) is 10.2 Å². The van der Waals surface area contributed by atoms with Gasteiger partial charge in [0.15, 0.2) is 0 Å². The summed E-state index contributed by atoms with van der Waals surface area (Å²) in [6, 6.07) is 30.1. The van der Waals surface area contributed by atoms with Crippen LogP contribution in [0, 0.1) is 0 Å². The van der Waals surface area contributed by atoms with Crippen LogP contribution in [0.2, 0.25) is 5.02 Å². The molecule has 0 radical (unpaired) electrons. The van der Waals surface area contributed by atoms with Crippen LogP contribution in [0.3, 0.4) is 0 Å². The third-order valence-corrected chi connectivity index (χ3v) is 9.62. The molecular weight excluding hydrogens is 622 g/mol. The fourth-order valence-corrected chi connectivity index (χ4v) is 6.45. The molecule has 4 aromatic carbocycles. The molecule has 2 unspecified atom stereocenters. The van der Waals surface area contributed by atoms with Gasteiger partial charge >= 0.3 is 0 Å². The maximum absolute atomic E-state index is 14.5. The molecule has 0 saturated heterocycles. The Kier molecular flexibility index (Phi) is 12.2. The second-order valence-corrected chi connectivity index (χ2v) is 13.2. The highest BCUT2D eigenvalue weighted by molar-refractivity contribution is 7.92. The number of benzene rings is 4. The lowest BCUT2D eigenvalue weighted by molar-refractivity contribution is -0.140. The van der Waals surface area contributed by atoms with E-state index in [1.807, 2.05) is 81.4 Å². The third-order valence-electron chi connectivity index (χ3n) is 7.58. The van der Waals surface area contributed by atoms with E-state index in [4.69, 9.17) is 16.3 Å². The van der Waals surface area contributed by atoms with Gasteiger partial charge in [-0.15, -0.1) is 0 Å². The van der Waals surface area contributed by atoms with E-state index in [9.17, 15) is 18.0 Å². The van der Waals surface area contributed by atoms with Crippen LogP contribution in [0.1, 0.15) is 38.3 Å². The minimum absolute atomic E-state index is 0.0245. The molecule has 4 aromatic rings. The summed E-state index contributed by atoms with van der Waals surface area (Å²) in [4.78, 5) is 29.9. The van der Waals surface area contributed by atoms with E-state index in [1.165, 1.54) is 29.2 Å². The van der Waals surface area contributed by atoms with E-state index in [2.05, 4.69) is 5.32 Å². The molecule has 0 spiro atoms. The molecule has 1 N–H and O–H groups in total. The Balaban J connectivity index is 1.79. The molecule has 0 aliphatic heterocycles. The Labute approximate surface area is 277 Å². The number of anilines is 1. The SMILES string of the molecule is CCOc1ccc(N(CC(=O)N(Cc2ccccc2)C(Cc2ccccc2)C(=O)NC(C)CC)S(=O)(=O)c2ccc(Cl)cc2)cc1. The van der Waals surface area contributed by atoms with Crippen molar-refractivity contribution in [2.75, 3.05) is 17.5 Å². The quantitative estimate of drug-likeness (QED) is 0.157. The number of hydrogen-bond acceptors (Lipinski definition) is 5. The maximum atomic E-state index is 14.5. The second-order valence-electron chi connectivity index (χ2n) is 10.9. The standard InChI is InChI=1S/C36H40ClN3O5S/c1-4-27(3)38-36(42)34(24-28-12-8-6-9-13-28)39(25-29-14-10-7-11-15-29)35(41)26-40(31-18-20-32(21-19-31)45-5-2)46(43,44)33-22-16-30(37)17-23-33/h6-23,27,34H,4-5,24-26H2,1-3H3,(H,38,42). The molecule has 8 nitrogen and oxygen atoms in total. The Morgan fingerprint density at radius 3 is 1.98 bits per heavy atom. The average molecular weight is 662 g/mol. The van der Waals surface area contributed by atoms with Gasteiger partial charge in [0.05, 0.1) is 17.2 Å². The zero-order valence-electron chi connectivity index (χ0n) is 26.3. The van der Waals surface area contributed by atoms with Crippen LogP contribution in [0.4, 0.5) is 5.69 Å². The van der Waals surface area contributed by atoms with Gasteiger partial charge in [-0.25, -0.2) is 8.42 Å². The number of nitrogens with zero attached hydrogens (tertiary/aromatic N) is 2. The summed E-state index contributed by atoms with van der Waals surface area (Å²) in [5.74, 6) is -0.275. The number of amides is 2. The zero-order chi connectivity index (χ0) is 33.1. The van der Waals surface area contributed by atoms with Gasteiger partial charge in [-0.05, 0) is 79.9 Å². The van der Waals surface area contributed by atoms with Crippen LogP contribution in [0.5, 0.6) is 5.75 Å². The largest absolute Gasteiger partial charge is 0.494 e. The first-order chi connectivity index (χ1) is 22.1. The van der Waals surface area contributed by atoms with Crippen LogP contribution in [-0.4, -0.2) is 50.4 Å². The van der Waals surface area contributed by atoms with Crippen LogP contribution >= 0.6 is 11.6 Å². The predicted molar refractivity (Wildman–Crippen MR) is 182 cm³/mol. The molecule has 0 heterocycles. The number of carbonyl (C=O) groups is 2. The summed E-state index contributed by atoms with van der Waals surface area (Å²) in [5, 5.41) is 3.43. The molecule has 4 rings (SSSR count). The third kappa shape index (κ3) is 9.11. The van der Waals surface area contributed by atoms with Gasteiger partial charge in [-0.1, -0.05) is 79.2 Å². The van der Waals surface area contributed by atoms with Crippen LogP contribution in [0.25, 0.3) is 0 Å². The van der Waals surface area contributed by atoms with Gasteiger partial charge in [0, 0.05) is 24.0 Å². The molecule has 2 atom stereocenters. The van der Waals surface area contributed by atoms with Crippen molar-refractivity contribution in [3.8, 4) is 5.75 Å². The normalized spacial score (nSPS) is 12.5. The van der Waals surface area contributed by atoms with Crippen molar-refractivity contribution in [2.24, 2.45) is 0 Å². The van der Waals surface area contributed by atoms with E-state index in [1.54, 1.807) is 24.3 Å². The number of nitrogens with one attached hydrogen (secondary N) is 1. The zero-order valence-corrected chi connectivity index (χ0v) is 27.9. The summed E-state index contributed by atoms with van der Waals surface area (Å²) < 4.78 is 34.9. The maximum Gasteiger partial charge on any atom is 0.264 e. The van der Waals surface area contributed by atoms with Crippen LogP contribution < -0.4 is 14.4 Å². The van der Waals surface area contributed by atoms with E-state index >= 15 is 0 Å². The van der Waals surface area contributed by atoms with Crippen molar-refractivity contribution in [3.05, 3.63) is 125 Å². The van der Waals surface area contributed by atoms with E-state index in [0.29, 0.717) is 23.8 Å².